The van der Waals surface area contributed by atoms with Gasteiger partial charge >= 0.3 is 5.97 Å². The van der Waals surface area contributed by atoms with Gasteiger partial charge in [-0.3, -0.25) is 4.79 Å². The molecule has 7 heteroatoms. The molecule has 0 saturated carbocycles. The number of hydrogen-bond acceptors (Lipinski definition) is 4. The predicted molar refractivity (Wildman–Crippen MR) is 141 cm³/mol. The average molecular weight is 488 g/mol. The number of H-pyrrole nitrogens is 1. The Kier molecular flexibility index (Phi) is 7.22. The SMILES string of the molecule is CCCC(C)(N)c1ccc(N=C(c2ccc(CCC(=O)O)cc2)c2c(O)[nH]c3cc(F)ccc23)cc1. The average Bonchev–Trinajstić information content (AvgIpc) is 3.16. The summed E-state index contributed by atoms with van der Waals surface area (Å²) < 4.78 is 13.8. The van der Waals surface area contributed by atoms with Crippen LogP contribution >= 0.6 is 0 Å². The van der Waals surface area contributed by atoms with Crippen molar-refractivity contribution in [1.82, 2.24) is 4.98 Å². The van der Waals surface area contributed by atoms with E-state index in [0.717, 1.165) is 29.5 Å². The summed E-state index contributed by atoms with van der Waals surface area (Å²) in [6.07, 6.45) is 2.28. The molecule has 4 aromatic rings. The number of aromatic nitrogens is 1. The molecule has 0 saturated heterocycles. The van der Waals surface area contributed by atoms with Gasteiger partial charge in [-0.2, -0.15) is 0 Å². The van der Waals surface area contributed by atoms with Gasteiger partial charge in [-0.05, 0) is 61.2 Å². The number of fused-ring (bicyclic) bond motifs is 1. The van der Waals surface area contributed by atoms with Gasteiger partial charge in [-0.25, -0.2) is 9.38 Å². The minimum atomic E-state index is -0.853. The number of hydrogen-bond donors (Lipinski definition) is 4. The van der Waals surface area contributed by atoms with Crippen molar-refractivity contribution >= 4 is 28.3 Å². The summed E-state index contributed by atoms with van der Waals surface area (Å²) in [4.78, 5) is 18.7. The molecule has 0 amide bonds. The Morgan fingerprint density at radius 3 is 2.42 bits per heavy atom. The quantitative estimate of drug-likeness (QED) is 0.211. The normalized spacial score (nSPS) is 13.6. The molecular weight excluding hydrogens is 457 g/mol. The molecule has 0 bridgehead atoms. The van der Waals surface area contributed by atoms with Crippen LogP contribution in [-0.4, -0.2) is 26.9 Å². The molecule has 1 heterocycles. The van der Waals surface area contributed by atoms with Gasteiger partial charge in [0.25, 0.3) is 0 Å². The van der Waals surface area contributed by atoms with E-state index < -0.39 is 17.3 Å². The lowest BCUT2D eigenvalue weighted by molar-refractivity contribution is -0.136. The maximum atomic E-state index is 13.8. The van der Waals surface area contributed by atoms with Crippen LogP contribution in [-0.2, 0) is 16.8 Å². The van der Waals surface area contributed by atoms with Crippen molar-refractivity contribution in [2.45, 2.75) is 45.1 Å². The predicted octanol–water partition coefficient (Wildman–Crippen LogP) is 6.17. The third-order valence-electron chi connectivity index (χ3n) is 6.37. The smallest absolute Gasteiger partial charge is 0.303 e. The molecule has 0 aliphatic rings. The van der Waals surface area contributed by atoms with E-state index in [1.807, 2.05) is 55.5 Å². The highest BCUT2D eigenvalue weighted by Crippen LogP contribution is 2.33. The van der Waals surface area contributed by atoms with Gasteiger partial charge in [0, 0.05) is 22.9 Å². The van der Waals surface area contributed by atoms with Crippen LogP contribution in [0.5, 0.6) is 5.88 Å². The number of benzene rings is 3. The highest BCUT2D eigenvalue weighted by atomic mass is 19.1. The first-order valence-corrected chi connectivity index (χ1v) is 12.0. The summed E-state index contributed by atoms with van der Waals surface area (Å²) >= 11 is 0. The topological polar surface area (TPSA) is 112 Å². The fourth-order valence-corrected chi connectivity index (χ4v) is 4.45. The van der Waals surface area contributed by atoms with Crippen LogP contribution in [0.25, 0.3) is 10.9 Å². The second-order valence-corrected chi connectivity index (χ2v) is 9.30. The maximum absolute atomic E-state index is 13.8. The van der Waals surface area contributed by atoms with Gasteiger partial charge in [0.15, 0.2) is 5.88 Å². The number of carbonyl (C=O) groups is 1. The molecule has 1 unspecified atom stereocenters. The van der Waals surface area contributed by atoms with Crippen LogP contribution in [0, 0.1) is 5.82 Å². The molecule has 36 heavy (non-hydrogen) atoms. The Bertz CT molecular complexity index is 1400. The zero-order chi connectivity index (χ0) is 25.9. The van der Waals surface area contributed by atoms with Crippen molar-refractivity contribution in [3.8, 4) is 5.88 Å². The first-order chi connectivity index (χ1) is 17.2. The molecule has 1 aromatic heterocycles. The van der Waals surface area contributed by atoms with Crippen molar-refractivity contribution in [3.05, 3.63) is 94.8 Å². The van der Waals surface area contributed by atoms with Crippen molar-refractivity contribution in [2.24, 2.45) is 10.7 Å². The van der Waals surface area contributed by atoms with Crippen molar-refractivity contribution in [3.63, 3.8) is 0 Å². The zero-order valence-electron chi connectivity index (χ0n) is 20.4. The zero-order valence-corrected chi connectivity index (χ0v) is 20.4. The summed E-state index contributed by atoms with van der Waals surface area (Å²) in [5.41, 5.74) is 10.8. The highest BCUT2D eigenvalue weighted by molar-refractivity contribution is 6.21. The summed E-state index contributed by atoms with van der Waals surface area (Å²) in [6.45, 7) is 4.11. The summed E-state index contributed by atoms with van der Waals surface area (Å²) in [6, 6.07) is 19.4. The molecule has 1 atom stereocenters. The van der Waals surface area contributed by atoms with Gasteiger partial charge in [-0.15, -0.1) is 0 Å². The first kappa shape index (κ1) is 25.1. The van der Waals surface area contributed by atoms with Crippen LogP contribution in [0.4, 0.5) is 10.1 Å². The van der Waals surface area contributed by atoms with E-state index in [0.29, 0.717) is 34.3 Å². The third kappa shape index (κ3) is 5.47. The number of aliphatic carboxylic acids is 1. The standard InChI is InChI=1S/C29H30FN3O3/c1-3-16-29(2,31)20-9-12-22(13-10-20)32-27(19-7-4-18(5-8-19)6-15-25(34)35)26-23-14-11-21(30)17-24(23)33-28(26)36/h4-5,7-14,17,33,36H,3,6,15-16,31H2,1-2H3,(H,34,35). The fourth-order valence-electron chi connectivity index (χ4n) is 4.45. The van der Waals surface area contributed by atoms with E-state index in [1.54, 1.807) is 6.07 Å². The van der Waals surface area contributed by atoms with Crippen LogP contribution < -0.4 is 5.73 Å². The Balaban J connectivity index is 1.80. The molecule has 3 aromatic carbocycles. The van der Waals surface area contributed by atoms with Crippen LogP contribution in [0.2, 0.25) is 0 Å². The Hall–Kier alpha value is -3.97. The molecule has 0 spiro atoms. The monoisotopic (exact) mass is 487 g/mol. The van der Waals surface area contributed by atoms with E-state index in [-0.39, 0.29) is 12.3 Å². The number of aliphatic imine (C=N–C) groups is 1. The number of aromatic hydroxyl groups is 1. The first-order valence-electron chi connectivity index (χ1n) is 12.0. The number of carboxylic acids is 1. The van der Waals surface area contributed by atoms with Crippen LogP contribution in [0.1, 0.15) is 55.4 Å². The molecule has 0 radical (unpaired) electrons. The van der Waals surface area contributed by atoms with Gasteiger partial charge in [0.2, 0.25) is 0 Å². The van der Waals surface area contributed by atoms with E-state index in [2.05, 4.69) is 11.9 Å². The molecule has 0 aliphatic carbocycles. The van der Waals surface area contributed by atoms with E-state index in [1.165, 1.54) is 12.1 Å². The van der Waals surface area contributed by atoms with E-state index in [4.69, 9.17) is 15.8 Å². The molecule has 0 aliphatic heterocycles. The second-order valence-electron chi connectivity index (χ2n) is 9.30. The number of nitrogens with one attached hydrogen (secondary N) is 1. The summed E-state index contributed by atoms with van der Waals surface area (Å²) in [5.74, 6) is -1.38. The number of aromatic amines is 1. The second kappa shape index (κ2) is 10.3. The lowest BCUT2D eigenvalue weighted by Gasteiger charge is -2.24. The highest BCUT2D eigenvalue weighted by Gasteiger charge is 2.21. The number of nitrogens with zero attached hydrogens (tertiary/aromatic N) is 1. The Morgan fingerprint density at radius 2 is 1.78 bits per heavy atom. The van der Waals surface area contributed by atoms with Crippen LogP contribution in [0.3, 0.4) is 0 Å². The van der Waals surface area contributed by atoms with E-state index >= 15 is 0 Å². The lowest BCUT2D eigenvalue weighted by atomic mass is 9.89. The number of aryl methyl sites for hydroxylation is 1. The number of rotatable bonds is 9. The molecule has 0 fully saturated rings. The van der Waals surface area contributed by atoms with Crippen LogP contribution in [0.15, 0.2) is 71.7 Å². The molecule has 4 rings (SSSR count). The van der Waals surface area contributed by atoms with Gasteiger partial charge in [0.1, 0.15) is 5.82 Å². The number of halogens is 1. The summed E-state index contributed by atoms with van der Waals surface area (Å²) in [7, 11) is 0. The molecule has 6 nitrogen and oxygen atoms in total. The maximum Gasteiger partial charge on any atom is 0.303 e. The van der Waals surface area contributed by atoms with Crippen molar-refractivity contribution < 1.29 is 19.4 Å². The molecule has 5 N–H and O–H groups in total. The Morgan fingerprint density at radius 1 is 1.08 bits per heavy atom. The number of carboxylic acid groups (broad SMARTS) is 1. The van der Waals surface area contributed by atoms with E-state index in [9.17, 15) is 14.3 Å². The molecule has 186 valence electrons. The van der Waals surface area contributed by atoms with Crippen molar-refractivity contribution in [2.75, 3.05) is 0 Å². The molecular formula is C29H30FN3O3. The Labute approximate surface area is 209 Å². The third-order valence-corrected chi connectivity index (χ3v) is 6.37. The fraction of sp³-hybridized carbons (Fsp3) is 0.241. The van der Waals surface area contributed by atoms with Gasteiger partial charge < -0.3 is 20.9 Å². The van der Waals surface area contributed by atoms with Crippen molar-refractivity contribution in [1.29, 1.82) is 0 Å². The minimum Gasteiger partial charge on any atom is -0.494 e. The van der Waals surface area contributed by atoms with Gasteiger partial charge in [0.05, 0.1) is 22.5 Å². The lowest BCUT2D eigenvalue weighted by Crippen LogP contribution is -2.32. The summed E-state index contributed by atoms with van der Waals surface area (Å²) in [5, 5.41) is 20.4. The minimum absolute atomic E-state index is 0.0412. The number of nitrogens with two attached hydrogens (primary N) is 1. The van der Waals surface area contributed by atoms with Gasteiger partial charge in [-0.1, -0.05) is 49.7 Å². The largest absolute Gasteiger partial charge is 0.494 e.